The molecule has 24 heavy (non-hydrogen) atoms. The number of aryl methyl sites for hydroxylation is 1. The van der Waals surface area contributed by atoms with Gasteiger partial charge in [-0.1, -0.05) is 24.3 Å². The average Bonchev–Trinajstić information content (AvgIpc) is 2.59. The van der Waals surface area contributed by atoms with Crippen molar-refractivity contribution >= 4 is 17.6 Å². The largest absolute Gasteiger partial charge is 0.352 e. The quantitative estimate of drug-likeness (QED) is 0.759. The smallest absolute Gasteiger partial charge is 0.316 e. The van der Waals surface area contributed by atoms with E-state index < -0.39 is 6.03 Å². The summed E-state index contributed by atoms with van der Waals surface area (Å²) in [6.07, 6.45) is 1.01. The van der Waals surface area contributed by atoms with E-state index in [1.165, 1.54) is 0 Å². The number of amides is 3. The molecule has 4 N–H and O–H groups in total. The van der Waals surface area contributed by atoms with Crippen molar-refractivity contribution in [3.05, 3.63) is 65.2 Å². The second-order valence-electron chi connectivity index (χ2n) is 5.27. The number of nitrogens with one attached hydrogen (secondary N) is 2. The molecule has 0 unspecified atom stereocenters. The minimum atomic E-state index is -0.612. The van der Waals surface area contributed by atoms with Crippen molar-refractivity contribution in [2.75, 3.05) is 5.32 Å². The Labute approximate surface area is 140 Å². The Morgan fingerprint density at radius 2 is 1.62 bits per heavy atom. The summed E-state index contributed by atoms with van der Waals surface area (Å²) in [5, 5.41) is 14.1. The Balaban J connectivity index is 1.76. The van der Waals surface area contributed by atoms with Gasteiger partial charge in [0.15, 0.2) is 0 Å². The zero-order valence-corrected chi connectivity index (χ0v) is 13.1. The van der Waals surface area contributed by atoms with Crippen LogP contribution in [0.1, 0.15) is 23.1 Å². The van der Waals surface area contributed by atoms with Gasteiger partial charge in [-0.2, -0.15) is 5.26 Å². The van der Waals surface area contributed by atoms with Gasteiger partial charge in [0, 0.05) is 18.7 Å². The number of anilines is 1. The van der Waals surface area contributed by atoms with Crippen molar-refractivity contribution in [2.24, 2.45) is 5.73 Å². The number of nitrogens with two attached hydrogens (primary N) is 1. The van der Waals surface area contributed by atoms with E-state index in [1.54, 1.807) is 24.3 Å². The van der Waals surface area contributed by atoms with Crippen molar-refractivity contribution < 1.29 is 9.59 Å². The summed E-state index contributed by atoms with van der Waals surface area (Å²) in [4.78, 5) is 22.6. The van der Waals surface area contributed by atoms with Gasteiger partial charge in [-0.25, -0.2) is 4.79 Å². The lowest BCUT2D eigenvalue weighted by Gasteiger charge is -2.07. The molecule has 0 spiro atoms. The molecule has 0 bridgehead atoms. The van der Waals surface area contributed by atoms with Gasteiger partial charge in [0.1, 0.15) is 0 Å². The summed E-state index contributed by atoms with van der Waals surface area (Å²) in [5.74, 6) is -0.0429. The predicted molar refractivity (Wildman–Crippen MR) is 91.0 cm³/mol. The topological polar surface area (TPSA) is 108 Å². The molecule has 0 aromatic heterocycles. The molecule has 0 atom stereocenters. The van der Waals surface area contributed by atoms with E-state index in [2.05, 4.69) is 16.7 Å². The normalized spacial score (nSPS) is 9.79. The SMILES string of the molecule is N#Cc1ccc(CCC(=O)NCc2ccc(NC(N)=O)cc2)cc1. The molecule has 2 rings (SSSR count). The lowest BCUT2D eigenvalue weighted by Crippen LogP contribution is -2.23. The Bertz CT molecular complexity index is 746. The van der Waals surface area contributed by atoms with Crippen LogP contribution in [-0.4, -0.2) is 11.9 Å². The van der Waals surface area contributed by atoms with Crippen LogP contribution in [0.3, 0.4) is 0 Å². The maximum Gasteiger partial charge on any atom is 0.316 e. The number of rotatable bonds is 6. The van der Waals surface area contributed by atoms with Crippen LogP contribution < -0.4 is 16.4 Å². The first-order valence-electron chi connectivity index (χ1n) is 7.48. The summed E-state index contributed by atoms with van der Waals surface area (Å²) in [5.41, 5.74) is 8.20. The highest BCUT2D eigenvalue weighted by Crippen LogP contribution is 2.09. The van der Waals surface area contributed by atoms with Crippen molar-refractivity contribution in [1.82, 2.24) is 5.32 Å². The van der Waals surface area contributed by atoms with Gasteiger partial charge in [0.25, 0.3) is 0 Å². The zero-order valence-electron chi connectivity index (χ0n) is 13.1. The average molecular weight is 322 g/mol. The molecule has 2 aromatic rings. The van der Waals surface area contributed by atoms with Crippen LogP contribution in [0.15, 0.2) is 48.5 Å². The van der Waals surface area contributed by atoms with E-state index in [-0.39, 0.29) is 5.91 Å². The molecule has 0 saturated carbocycles. The van der Waals surface area contributed by atoms with E-state index in [4.69, 9.17) is 11.0 Å². The van der Waals surface area contributed by atoms with Crippen molar-refractivity contribution in [3.8, 4) is 6.07 Å². The number of primary amides is 1. The second kappa shape index (κ2) is 8.34. The zero-order chi connectivity index (χ0) is 17.4. The molecule has 0 aliphatic heterocycles. The Hall–Kier alpha value is -3.33. The van der Waals surface area contributed by atoms with E-state index in [0.29, 0.717) is 30.6 Å². The van der Waals surface area contributed by atoms with E-state index in [1.807, 2.05) is 24.3 Å². The molecule has 0 aliphatic rings. The summed E-state index contributed by atoms with van der Waals surface area (Å²) < 4.78 is 0. The van der Waals surface area contributed by atoms with Crippen LogP contribution in [0, 0.1) is 11.3 Å². The molecular formula is C18H18N4O2. The van der Waals surface area contributed by atoms with Gasteiger partial charge < -0.3 is 16.4 Å². The summed E-state index contributed by atoms with van der Waals surface area (Å²) in [7, 11) is 0. The molecule has 0 heterocycles. The van der Waals surface area contributed by atoms with Gasteiger partial charge >= 0.3 is 6.03 Å². The molecule has 0 saturated heterocycles. The highest BCUT2D eigenvalue weighted by Gasteiger charge is 2.03. The fourth-order valence-corrected chi connectivity index (χ4v) is 2.14. The van der Waals surface area contributed by atoms with Crippen LogP contribution in [0.4, 0.5) is 10.5 Å². The molecule has 0 aliphatic carbocycles. The first-order valence-corrected chi connectivity index (χ1v) is 7.48. The first-order chi connectivity index (χ1) is 11.6. The number of hydrogen-bond donors (Lipinski definition) is 3. The van der Waals surface area contributed by atoms with Crippen LogP contribution in [0.25, 0.3) is 0 Å². The number of hydrogen-bond acceptors (Lipinski definition) is 3. The molecule has 122 valence electrons. The van der Waals surface area contributed by atoms with Crippen LogP contribution in [0.2, 0.25) is 0 Å². The van der Waals surface area contributed by atoms with Gasteiger partial charge in [-0.3, -0.25) is 4.79 Å². The molecule has 0 fully saturated rings. The maximum absolute atomic E-state index is 11.9. The standard InChI is InChI=1S/C18H18N4O2/c19-11-14-3-1-13(2-4-14)7-10-17(23)21-12-15-5-8-16(9-6-15)22-18(20)24/h1-6,8-9H,7,10,12H2,(H,21,23)(H3,20,22,24). The van der Waals surface area contributed by atoms with Gasteiger partial charge in [-0.15, -0.1) is 0 Å². The molecular weight excluding hydrogens is 304 g/mol. The third-order valence-corrected chi connectivity index (χ3v) is 3.43. The molecule has 6 nitrogen and oxygen atoms in total. The van der Waals surface area contributed by atoms with Crippen molar-refractivity contribution in [1.29, 1.82) is 5.26 Å². The fraction of sp³-hybridized carbons (Fsp3) is 0.167. The predicted octanol–water partition coefficient (Wildman–Crippen LogP) is 2.30. The number of nitriles is 1. The number of urea groups is 1. The van der Waals surface area contributed by atoms with E-state index >= 15 is 0 Å². The summed E-state index contributed by atoms with van der Waals surface area (Å²) in [6, 6.07) is 15.7. The third kappa shape index (κ3) is 5.46. The van der Waals surface area contributed by atoms with Gasteiger partial charge in [0.05, 0.1) is 11.6 Å². The number of nitrogens with zero attached hydrogens (tertiary/aromatic N) is 1. The Morgan fingerprint density at radius 3 is 2.21 bits per heavy atom. The Morgan fingerprint density at radius 1 is 1.00 bits per heavy atom. The monoisotopic (exact) mass is 322 g/mol. The van der Waals surface area contributed by atoms with Crippen LogP contribution in [0.5, 0.6) is 0 Å². The molecule has 0 radical (unpaired) electrons. The van der Waals surface area contributed by atoms with E-state index in [0.717, 1.165) is 11.1 Å². The first kappa shape index (κ1) is 17.0. The van der Waals surface area contributed by atoms with Crippen molar-refractivity contribution in [3.63, 3.8) is 0 Å². The minimum Gasteiger partial charge on any atom is -0.352 e. The van der Waals surface area contributed by atoms with Gasteiger partial charge in [0.2, 0.25) is 5.91 Å². The summed E-state index contributed by atoms with van der Waals surface area (Å²) in [6.45, 7) is 0.420. The minimum absolute atomic E-state index is 0.0429. The second-order valence-corrected chi connectivity index (χ2v) is 5.27. The Kier molecular flexibility index (Phi) is 5.92. The van der Waals surface area contributed by atoms with Crippen LogP contribution in [-0.2, 0) is 17.8 Å². The maximum atomic E-state index is 11.9. The molecule has 2 aromatic carbocycles. The van der Waals surface area contributed by atoms with Gasteiger partial charge in [-0.05, 0) is 41.8 Å². The number of benzene rings is 2. The van der Waals surface area contributed by atoms with Crippen LogP contribution >= 0.6 is 0 Å². The molecule has 6 heteroatoms. The number of carbonyl (C=O) groups excluding carboxylic acids is 2. The lowest BCUT2D eigenvalue weighted by atomic mass is 10.1. The fourth-order valence-electron chi connectivity index (χ4n) is 2.14. The highest BCUT2D eigenvalue weighted by molar-refractivity contribution is 5.87. The summed E-state index contributed by atoms with van der Waals surface area (Å²) >= 11 is 0. The molecule has 3 amide bonds. The number of carbonyl (C=O) groups is 2. The van der Waals surface area contributed by atoms with Crippen molar-refractivity contribution in [2.45, 2.75) is 19.4 Å². The highest BCUT2D eigenvalue weighted by atomic mass is 16.2. The lowest BCUT2D eigenvalue weighted by molar-refractivity contribution is -0.121. The third-order valence-electron chi connectivity index (χ3n) is 3.43. The van der Waals surface area contributed by atoms with E-state index in [9.17, 15) is 9.59 Å².